The fourth-order valence-electron chi connectivity index (χ4n) is 4.60. The monoisotopic (exact) mass is 399 g/mol. The Morgan fingerprint density at radius 2 is 1.54 bits per heavy atom. The van der Waals surface area contributed by atoms with Crippen molar-refractivity contribution in [3.05, 3.63) is 71.8 Å². The first-order valence-electron chi connectivity index (χ1n) is 10.3. The number of rotatable bonds is 6. The summed E-state index contributed by atoms with van der Waals surface area (Å²) in [6, 6.07) is 21.7. The second kappa shape index (κ2) is 10.2. The molecule has 0 aromatic heterocycles. The molecule has 2 aromatic carbocycles. The molecule has 2 aromatic rings. The zero-order valence-corrected chi connectivity index (χ0v) is 17.2. The van der Waals surface area contributed by atoms with E-state index in [0.29, 0.717) is 31.4 Å². The Hall–Kier alpha value is -1.68. The highest BCUT2D eigenvalue weighted by atomic mass is 35.5. The summed E-state index contributed by atoms with van der Waals surface area (Å²) >= 11 is 0. The molecular formula is C24H30ClNO2. The Labute approximate surface area is 174 Å². The lowest BCUT2D eigenvalue weighted by molar-refractivity contribution is -0.117. The standard InChI is InChI=1S/C24H29NO2.ClH/c26-21-15-16-25(17-21)23-13-7-8-14-24(23)27-18-22(19-9-3-1-4-10-19)20-11-5-2-6-12-20;/h1-6,9-12,22-24H,7-8,13-18H2;1H/t23?,24-;/m0./s1. The van der Waals surface area contributed by atoms with Gasteiger partial charge in [0.2, 0.25) is 0 Å². The van der Waals surface area contributed by atoms with Crippen LogP contribution in [0.2, 0.25) is 0 Å². The zero-order valence-electron chi connectivity index (χ0n) is 16.3. The summed E-state index contributed by atoms with van der Waals surface area (Å²) in [6.07, 6.45) is 5.67. The van der Waals surface area contributed by atoms with Crippen molar-refractivity contribution in [1.82, 2.24) is 4.90 Å². The van der Waals surface area contributed by atoms with Gasteiger partial charge in [-0.3, -0.25) is 9.69 Å². The van der Waals surface area contributed by atoms with Crippen molar-refractivity contribution >= 4 is 18.2 Å². The average Bonchev–Trinajstić information content (AvgIpc) is 3.16. The van der Waals surface area contributed by atoms with Crippen LogP contribution in [0, 0.1) is 0 Å². The van der Waals surface area contributed by atoms with E-state index in [4.69, 9.17) is 4.74 Å². The van der Waals surface area contributed by atoms with Gasteiger partial charge < -0.3 is 4.74 Å². The third-order valence-corrected chi connectivity index (χ3v) is 6.07. The summed E-state index contributed by atoms with van der Waals surface area (Å²) in [4.78, 5) is 14.1. The maximum atomic E-state index is 11.8. The van der Waals surface area contributed by atoms with E-state index in [9.17, 15) is 4.79 Å². The number of ketones is 1. The molecule has 0 spiro atoms. The van der Waals surface area contributed by atoms with E-state index >= 15 is 0 Å². The first-order chi connectivity index (χ1) is 13.3. The fraction of sp³-hybridized carbons (Fsp3) is 0.458. The zero-order chi connectivity index (χ0) is 18.5. The van der Waals surface area contributed by atoms with Gasteiger partial charge in [0, 0.05) is 24.9 Å². The van der Waals surface area contributed by atoms with Crippen LogP contribution in [-0.4, -0.2) is 42.5 Å². The molecule has 28 heavy (non-hydrogen) atoms. The Kier molecular flexibility index (Phi) is 7.66. The molecule has 3 nitrogen and oxygen atoms in total. The topological polar surface area (TPSA) is 29.5 Å². The van der Waals surface area contributed by atoms with E-state index < -0.39 is 0 Å². The first-order valence-corrected chi connectivity index (χ1v) is 10.3. The van der Waals surface area contributed by atoms with Gasteiger partial charge in [-0.15, -0.1) is 12.4 Å². The molecule has 150 valence electrons. The molecule has 1 unspecified atom stereocenters. The minimum atomic E-state index is 0. The summed E-state index contributed by atoms with van der Waals surface area (Å²) in [5.41, 5.74) is 2.60. The van der Waals surface area contributed by atoms with Gasteiger partial charge in [0.15, 0.2) is 0 Å². The van der Waals surface area contributed by atoms with Crippen LogP contribution in [0.15, 0.2) is 60.7 Å². The molecule has 0 amide bonds. The van der Waals surface area contributed by atoms with Gasteiger partial charge in [-0.2, -0.15) is 0 Å². The molecule has 2 atom stereocenters. The number of carbonyl (C=O) groups excluding carboxylic acids is 1. The van der Waals surface area contributed by atoms with Gasteiger partial charge in [0.1, 0.15) is 5.78 Å². The van der Waals surface area contributed by atoms with Gasteiger partial charge in [0.05, 0.1) is 19.3 Å². The van der Waals surface area contributed by atoms with Crippen LogP contribution in [0.25, 0.3) is 0 Å². The lowest BCUT2D eigenvalue weighted by Gasteiger charge is -2.38. The summed E-state index contributed by atoms with van der Waals surface area (Å²) in [7, 11) is 0. The average molecular weight is 400 g/mol. The van der Waals surface area contributed by atoms with E-state index in [-0.39, 0.29) is 24.4 Å². The minimum Gasteiger partial charge on any atom is -0.376 e. The van der Waals surface area contributed by atoms with Gasteiger partial charge in [-0.05, 0) is 24.0 Å². The fourth-order valence-corrected chi connectivity index (χ4v) is 4.60. The summed E-state index contributed by atoms with van der Waals surface area (Å²) in [5.74, 6) is 0.626. The van der Waals surface area contributed by atoms with E-state index in [1.165, 1.54) is 24.0 Å². The number of nitrogens with zero attached hydrogens (tertiary/aromatic N) is 1. The second-order valence-electron chi connectivity index (χ2n) is 7.86. The Balaban J connectivity index is 0.00000225. The van der Waals surface area contributed by atoms with Gasteiger partial charge >= 0.3 is 0 Å². The SMILES string of the molecule is Cl.O=C1CCN(C2CCCC[C@@H]2OCC(c2ccccc2)c2ccccc2)C1. The van der Waals surface area contributed by atoms with Crippen molar-refractivity contribution in [3.8, 4) is 0 Å². The van der Waals surface area contributed by atoms with Crippen LogP contribution in [0.1, 0.15) is 49.1 Å². The molecule has 1 heterocycles. The van der Waals surface area contributed by atoms with Crippen LogP contribution >= 0.6 is 12.4 Å². The molecule has 4 heteroatoms. The summed E-state index contributed by atoms with van der Waals surface area (Å²) < 4.78 is 6.56. The lowest BCUT2D eigenvalue weighted by atomic mass is 9.90. The number of carbonyl (C=O) groups is 1. The molecule has 1 aliphatic heterocycles. The maximum absolute atomic E-state index is 11.8. The predicted molar refractivity (Wildman–Crippen MR) is 115 cm³/mol. The van der Waals surface area contributed by atoms with Gasteiger partial charge in [-0.25, -0.2) is 0 Å². The lowest BCUT2D eigenvalue weighted by Crippen LogP contribution is -2.46. The van der Waals surface area contributed by atoms with Crippen LogP contribution in [0.4, 0.5) is 0 Å². The van der Waals surface area contributed by atoms with E-state index in [1.54, 1.807) is 0 Å². The smallest absolute Gasteiger partial charge is 0.148 e. The van der Waals surface area contributed by atoms with Crippen molar-refractivity contribution in [3.63, 3.8) is 0 Å². The Morgan fingerprint density at radius 1 is 0.929 bits per heavy atom. The summed E-state index contributed by atoms with van der Waals surface area (Å²) in [6.45, 7) is 2.21. The number of ether oxygens (including phenoxy) is 1. The highest BCUT2D eigenvalue weighted by molar-refractivity contribution is 5.85. The predicted octanol–water partition coefficient (Wildman–Crippen LogP) is 4.84. The molecule has 0 N–H and O–H groups in total. The number of halogens is 1. The van der Waals surface area contributed by atoms with E-state index in [0.717, 1.165) is 19.4 Å². The highest BCUT2D eigenvalue weighted by Crippen LogP contribution is 2.31. The third-order valence-electron chi connectivity index (χ3n) is 6.07. The highest BCUT2D eigenvalue weighted by Gasteiger charge is 2.35. The summed E-state index contributed by atoms with van der Waals surface area (Å²) in [5, 5.41) is 0. The van der Waals surface area contributed by atoms with Crippen molar-refractivity contribution in [2.24, 2.45) is 0 Å². The van der Waals surface area contributed by atoms with E-state index in [1.807, 2.05) is 0 Å². The molecule has 2 fully saturated rings. The molecule has 2 aliphatic rings. The first kappa shape index (κ1) is 21.0. The van der Waals surface area contributed by atoms with Crippen molar-refractivity contribution in [2.45, 2.75) is 50.2 Å². The quantitative estimate of drug-likeness (QED) is 0.695. The number of hydrogen-bond donors (Lipinski definition) is 0. The van der Waals surface area contributed by atoms with Gasteiger partial charge in [-0.1, -0.05) is 73.5 Å². The number of Topliss-reactive ketones (excluding diaryl/α,β-unsaturated/α-hetero) is 1. The third kappa shape index (κ3) is 5.02. The van der Waals surface area contributed by atoms with Crippen LogP contribution in [0.3, 0.4) is 0 Å². The molecule has 0 radical (unpaired) electrons. The molecule has 1 aliphatic carbocycles. The minimum absolute atomic E-state index is 0. The van der Waals surface area contributed by atoms with Crippen molar-refractivity contribution < 1.29 is 9.53 Å². The molecular weight excluding hydrogens is 370 g/mol. The van der Waals surface area contributed by atoms with Crippen molar-refractivity contribution in [2.75, 3.05) is 19.7 Å². The molecule has 1 saturated heterocycles. The maximum Gasteiger partial charge on any atom is 0.148 e. The Bertz CT molecular complexity index is 697. The van der Waals surface area contributed by atoms with Crippen LogP contribution in [0.5, 0.6) is 0 Å². The number of hydrogen-bond acceptors (Lipinski definition) is 3. The second-order valence-corrected chi connectivity index (χ2v) is 7.86. The van der Waals surface area contributed by atoms with Crippen LogP contribution in [-0.2, 0) is 9.53 Å². The van der Waals surface area contributed by atoms with Crippen molar-refractivity contribution in [1.29, 1.82) is 0 Å². The number of benzene rings is 2. The largest absolute Gasteiger partial charge is 0.376 e. The molecule has 1 saturated carbocycles. The Morgan fingerprint density at radius 3 is 2.11 bits per heavy atom. The molecule has 0 bridgehead atoms. The van der Waals surface area contributed by atoms with Crippen LogP contribution < -0.4 is 0 Å². The van der Waals surface area contributed by atoms with E-state index in [2.05, 4.69) is 65.6 Å². The van der Waals surface area contributed by atoms with Gasteiger partial charge in [0.25, 0.3) is 0 Å². The molecule has 4 rings (SSSR count). The normalized spacial score (nSPS) is 23.0. The number of likely N-dealkylation sites (tertiary alicyclic amines) is 1.